The number of hydrogen-bond acceptors (Lipinski definition) is 3. The van der Waals surface area contributed by atoms with E-state index in [1.165, 1.54) is 5.56 Å². The van der Waals surface area contributed by atoms with E-state index in [0.29, 0.717) is 28.3 Å². The Bertz CT molecular complexity index is 871. The van der Waals surface area contributed by atoms with Crippen LogP contribution in [-0.2, 0) is 6.54 Å². The van der Waals surface area contributed by atoms with Gasteiger partial charge in [-0.15, -0.1) is 0 Å². The van der Waals surface area contributed by atoms with Gasteiger partial charge in [-0.05, 0) is 81.4 Å². The van der Waals surface area contributed by atoms with Crippen molar-refractivity contribution in [2.24, 2.45) is 17.8 Å². The Balaban J connectivity index is 1.32. The highest BCUT2D eigenvalue weighted by molar-refractivity contribution is 6.30. The van der Waals surface area contributed by atoms with E-state index >= 15 is 0 Å². The lowest BCUT2D eigenvalue weighted by molar-refractivity contribution is 0.0924. The zero-order valence-corrected chi connectivity index (χ0v) is 18.7. The quantitative estimate of drug-likeness (QED) is 0.644. The van der Waals surface area contributed by atoms with Gasteiger partial charge in [-0.25, -0.2) is 0 Å². The van der Waals surface area contributed by atoms with E-state index in [9.17, 15) is 4.79 Å². The number of ether oxygens (including phenoxy) is 1. The molecule has 4 rings (SSSR count). The number of nitrogens with zero attached hydrogens (tertiary/aromatic N) is 1. The fourth-order valence-electron chi connectivity index (χ4n) is 5.13. The molecule has 4 nitrogen and oxygen atoms in total. The lowest BCUT2D eigenvalue weighted by atomic mass is 10.00. The zero-order valence-electron chi connectivity index (χ0n) is 18.0. The van der Waals surface area contributed by atoms with E-state index in [1.807, 2.05) is 6.07 Å². The summed E-state index contributed by atoms with van der Waals surface area (Å²) in [6, 6.07) is 15.7. The number of hydrogen-bond donors (Lipinski definition) is 1. The Labute approximate surface area is 184 Å². The van der Waals surface area contributed by atoms with Gasteiger partial charge in [0.15, 0.2) is 0 Å². The summed E-state index contributed by atoms with van der Waals surface area (Å²) in [4.78, 5) is 14.8. The van der Waals surface area contributed by atoms with Crippen LogP contribution in [0.1, 0.15) is 42.1 Å². The number of halogens is 1. The average Bonchev–Trinajstić information content (AvgIpc) is 3.21. The van der Waals surface area contributed by atoms with Crippen LogP contribution in [0.15, 0.2) is 48.5 Å². The molecule has 0 spiro atoms. The summed E-state index contributed by atoms with van der Waals surface area (Å²) in [7, 11) is 4.16. The molecule has 0 bridgehead atoms. The second kappa shape index (κ2) is 8.99. The van der Waals surface area contributed by atoms with Gasteiger partial charge in [-0.2, -0.15) is 0 Å². The molecule has 1 N–H and O–H groups in total. The minimum absolute atomic E-state index is 0.00565. The molecule has 3 atom stereocenters. The zero-order chi connectivity index (χ0) is 21.3. The number of nitrogens with one attached hydrogen (secondary N) is 1. The maximum absolute atomic E-state index is 12.6. The second-order valence-electron chi connectivity index (χ2n) is 8.96. The van der Waals surface area contributed by atoms with Gasteiger partial charge in [0.05, 0.1) is 6.10 Å². The van der Waals surface area contributed by atoms with Crippen LogP contribution < -0.4 is 10.1 Å². The van der Waals surface area contributed by atoms with Crippen molar-refractivity contribution in [1.82, 2.24) is 10.2 Å². The van der Waals surface area contributed by atoms with Crippen molar-refractivity contribution >= 4 is 17.5 Å². The molecule has 1 amide bonds. The predicted octanol–water partition coefficient (Wildman–Crippen LogP) is 5.01. The third kappa shape index (κ3) is 4.65. The molecular weight excluding hydrogens is 396 g/mol. The summed E-state index contributed by atoms with van der Waals surface area (Å²) in [5.74, 6) is 2.90. The van der Waals surface area contributed by atoms with Crippen LogP contribution in [0, 0.1) is 17.8 Å². The number of para-hydroxylation sites is 1. The summed E-state index contributed by atoms with van der Waals surface area (Å²) in [6.45, 7) is 3.04. The first-order valence-electron chi connectivity index (χ1n) is 10.9. The molecule has 0 unspecified atom stereocenters. The molecule has 0 radical (unpaired) electrons. The lowest BCUT2D eigenvalue weighted by Gasteiger charge is -2.23. The maximum atomic E-state index is 12.6. The third-order valence-corrected chi connectivity index (χ3v) is 6.80. The Hall–Kier alpha value is -2.04. The summed E-state index contributed by atoms with van der Waals surface area (Å²) >= 11 is 5.93. The SMILES string of the molecule is CC[C@H](NC(=O)c1ccc(Cl)cc1)C1[C@H]2CC(Oc3ccccc3CN(C)C)C[C@H]12. The smallest absolute Gasteiger partial charge is 0.251 e. The second-order valence-corrected chi connectivity index (χ2v) is 9.39. The van der Waals surface area contributed by atoms with Gasteiger partial charge in [0.1, 0.15) is 5.75 Å². The minimum Gasteiger partial charge on any atom is -0.490 e. The van der Waals surface area contributed by atoms with E-state index < -0.39 is 0 Å². The summed E-state index contributed by atoms with van der Waals surface area (Å²) in [6.07, 6.45) is 3.40. The standard InChI is InChI=1S/C25H31ClN2O2/c1-4-22(27-25(29)16-9-11-18(26)12-10-16)24-20-13-19(14-21(20)24)30-23-8-6-5-7-17(23)15-28(2)3/h5-12,19-22,24H,4,13-15H2,1-3H3,(H,27,29)/t19?,20-,21-,22-,24?/m0/s1. The third-order valence-electron chi connectivity index (χ3n) is 6.55. The van der Waals surface area contributed by atoms with Crippen LogP contribution in [0.3, 0.4) is 0 Å². The Kier molecular flexibility index (Phi) is 6.35. The number of benzene rings is 2. The molecule has 0 aromatic heterocycles. The summed E-state index contributed by atoms with van der Waals surface area (Å²) in [5, 5.41) is 3.91. The van der Waals surface area contributed by atoms with Crippen molar-refractivity contribution in [2.75, 3.05) is 14.1 Å². The van der Waals surface area contributed by atoms with E-state index in [2.05, 4.69) is 49.4 Å². The fourth-order valence-corrected chi connectivity index (χ4v) is 5.25. The highest BCUT2D eigenvalue weighted by Gasteiger charge is 2.59. The molecule has 2 aliphatic rings. The first-order valence-corrected chi connectivity index (χ1v) is 11.3. The fraction of sp³-hybridized carbons (Fsp3) is 0.480. The van der Waals surface area contributed by atoms with E-state index in [-0.39, 0.29) is 18.1 Å². The highest BCUT2D eigenvalue weighted by Crippen LogP contribution is 2.60. The van der Waals surface area contributed by atoms with Crippen molar-refractivity contribution < 1.29 is 9.53 Å². The Morgan fingerprint density at radius 3 is 2.43 bits per heavy atom. The monoisotopic (exact) mass is 426 g/mol. The molecule has 2 fully saturated rings. The highest BCUT2D eigenvalue weighted by atomic mass is 35.5. The van der Waals surface area contributed by atoms with Gasteiger partial charge < -0.3 is 15.0 Å². The Morgan fingerprint density at radius 2 is 1.80 bits per heavy atom. The van der Waals surface area contributed by atoms with Crippen LogP contribution in [-0.4, -0.2) is 37.0 Å². The largest absolute Gasteiger partial charge is 0.490 e. The van der Waals surface area contributed by atoms with Crippen LogP contribution in [0.4, 0.5) is 0 Å². The number of carbonyl (C=O) groups excluding carboxylic acids is 1. The van der Waals surface area contributed by atoms with Crippen molar-refractivity contribution in [2.45, 2.75) is 44.9 Å². The summed E-state index contributed by atoms with van der Waals surface area (Å²) < 4.78 is 6.40. The number of fused-ring (bicyclic) bond motifs is 1. The number of amides is 1. The maximum Gasteiger partial charge on any atom is 0.251 e. The van der Waals surface area contributed by atoms with Gasteiger partial charge >= 0.3 is 0 Å². The van der Waals surface area contributed by atoms with Crippen LogP contribution in [0.5, 0.6) is 5.75 Å². The van der Waals surface area contributed by atoms with Gasteiger partial charge in [-0.3, -0.25) is 4.79 Å². The van der Waals surface area contributed by atoms with Gasteiger partial charge in [0, 0.05) is 28.7 Å². The number of rotatable bonds is 8. The first-order chi connectivity index (χ1) is 14.5. The topological polar surface area (TPSA) is 41.6 Å². The lowest BCUT2D eigenvalue weighted by Crippen LogP contribution is -2.37. The molecule has 2 aromatic rings. The van der Waals surface area contributed by atoms with E-state index in [0.717, 1.165) is 31.6 Å². The van der Waals surface area contributed by atoms with Gasteiger partial charge in [0.2, 0.25) is 0 Å². The van der Waals surface area contributed by atoms with Crippen LogP contribution >= 0.6 is 11.6 Å². The first kappa shape index (κ1) is 21.2. The minimum atomic E-state index is -0.00565. The number of carbonyl (C=O) groups is 1. The van der Waals surface area contributed by atoms with Crippen molar-refractivity contribution in [3.63, 3.8) is 0 Å². The molecule has 30 heavy (non-hydrogen) atoms. The Morgan fingerprint density at radius 1 is 1.13 bits per heavy atom. The molecule has 2 aliphatic carbocycles. The molecule has 160 valence electrons. The predicted molar refractivity (Wildman–Crippen MR) is 121 cm³/mol. The van der Waals surface area contributed by atoms with E-state index in [4.69, 9.17) is 16.3 Å². The average molecular weight is 427 g/mol. The van der Waals surface area contributed by atoms with Gasteiger partial charge in [-0.1, -0.05) is 36.7 Å². The molecule has 0 aliphatic heterocycles. The molecule has 0 saturated heterocycles. The van der Waals surface area contributed by atoms with Crippen LogP contribution in [0.25, 0.3) is 0 Å². The molecular formula is C25H31ClN2O2. The summed E-state index contributed by atoms with van der Waals surface area (Å²) in [5.41, 5.74) is 1.91. The van der Waals surface area contributed by atoms with Crippen LogP contribution in [0.2, 0.25) is 5.02 Å². The normalized spacial score (nSPS) is 23.8. The van der Waals surface area contributed by atoms with Gasteiger partial charge in [0.25, 0.3) is 5.91 Å². The molecule has 2 aromatic carbocycles. The van der Waals surface area contributed by atoms with E-state index in [1.54, 1.807) is 24.3 Å². The van der Waals surface area contributed by atoms with Crippen molar-refractivity contribution in [3.05, 3.63) is 64.7 Å². The van der Waals surface area contributed by atoms with Crippen molar-refractivity contribution in [3.8, 4) is 5.75 Å². The van der Waals surface area contributed by atoms with Crippen molar-refractivity contribution in [1.29, 1.82) is 0 Å². The molecule has 2 saturated carbocycles. The molecule has 5 heteroatoms. The molecule has 0 heterocycles.